The van der Waals surface area contributed by atoms with Crippen molar-refractivity contribution in [2.45, 2.75) is 46.3 Å². The molecule has 0 fully saturated rings. The second-order valence-electron chi connectivity index (χ2n) is 15.9. The first-order chi connectivity index (χ1) is 33.0. The number of aldehydes is 3. The van der Waals surface area contributed by atoms with Gasteiger partial charge in [0.25, 0.3) is 0 Å². The van der Waals surface area contributed by atoms with Gasteiger partial charge in [0.2, 0.25) is 5.91 Å². The van der Waals surface area contributed by atoms with Crippen molar-refractivity contribution < 1.29 is 37.8 Å². The molecule has 3 heterocycles. The smallest absolute Gasteiger partial charge is 0.248 e. The molecule has 6 aromatic rings. The van der Waals surface area contributed by atoms with Crippen LogP contribution in [-0.2, 0) is 38.9 Å². The largest absolute Gasteiger partial charge is 0.496 e. The summed E-state index contributed by atoms with van der Waals surface area (Å²) in [7, 11) is 4.75. The number of anilines is 2. The Hall–Kier alpha value is -8.33. The minimum atomic E-state index is -0.428. The van der Waals surface area contributed by atoms with E-state index < -0.39 is 5.91 Å². The number of nitrogens with zero attached hydrogens (tertiary/aromatic N) is 4. The molecule has 6 aromatic carbocycles. The number of hydrogen-bond acceptors (Lipinski definition) is 12. The quantitative estimate of drug-likeness (QED) is 0.132. The summed E-state index contributed by atoms with van der Waals surface area (Å²) in [5, 5.41) is 20.4. The van der Waals surface area contributed by atoms with Crippen LogP contribution in [0.4, 0.5) is 15.8 Å². The van der Waals surface area contributed by atoms with Crippen LogP contribution in [0.15, 0.2) is 109 Å². The summed E-state index contributed by atoms with van der Waals surface area (Å²) in [6.07, 6.45) is 5.28. The van der Waals surface area contributed by atoms with Gasteiger partial charge in [0.05, 0.1) is 61.3 Å². The lowest BCUT2D eigenvalue weighted by Crippen LogP contribution is -2.30. The molecule has 0 bridgehead atoms. The molecule has 69 heavy (non-hydrogen) atoms. The summed E-state index contributed by atoms with van der Waals surface area (Å²) in [6.45, 7) is 5.09. The Kier molecular flexibility index (Phi) is 18.7. The highest BCUT2D eigenvalue weighted by Crippen LogP contribution is 2.31. The lowest BCUT2D eigenvalue weighted by atomic mass is 9.96. The molecule has 0 spiro atoms. The maximum atomic E-state index is 12.1. The minimum absolute atomic E-state index is 0. The highest BCUT2D eigenvalue weighted by atomic mass is 19.1. The van der Waals surface area contributed by atoms with Crippen molar-refractivity contribution in [1.82, 2.24) is 5.32 Å². The predicted octanol–water partition coefficient (Wildman–Crippen LogP) is 8.60. The molecule has 9 rings (SSSR count). The summed E-state index contributed by atoms with van der Waals surface area (Å²) in [5.41, 5.74) is 18.0. The average Bonchev–Trinajstić information content (AvgIpc) is 3.40. The van der Waals surface area contributed by atoms with Crippen molar-refractivity contribution in [1.29, 1.82) is 10.5 Å². The molecule has 0 saturated heterocycles. The number of fused-ring (bicyclic) bond motifs is 3. The van der Waals surface area contributed by atoms with Crippen molar-refractivity contribution in [2.24, 2.45) is 5.73 Å². The zero-order valence-electron chi connectivity index (χ0n) is 38.1. The molecule has 3 N–H and O–H groups in total. The summed E-state index contributed by atoms with van der Waals surface area (Å²) in [5.74, 6) is 1.21. The summed E-state index contributed by atoms with van der Waals surface area (Å²) in [6, 6.07) is 35.9. The number of amides is 1. The fourth-order valence-corrected chi connectivity index (χ4v) is 8.10. The first-order valence-corrected chi connectivity index (χ1v) is 21.8. The molecular weight excluding hydrogens is 876 g/mol. The number of ether oxygens (including phenoxy) is 3. The van der Waals surface area contributed by atoms with E-state index in [2.05, 4.69) is 21.2 Å². The number of benzene rings is 6. The number of nitriles is 2. The second kappa shape index (κ2) is 25.0. The zero-order valence-corrected chi connectivity index (χ0v) is 38.1. The van der Waals surface area contributed by atoms with Crippen LogP contribution in [0, 0.1) is 28.5 Å². The van der Waals surface area contributed by atoms with E-state index in [4.69, 9.17) is 30.5 Å². The molecule has 354 valence electrons. The number of carbonyl (C=O) groups excluding carboxylic acids is 4. The summed E-state index contributed by atoms with van der Waals surface area (Å²) < 4.78 is 27.8. The highest BCUT2D eigenvalue weighted by molar-refractivity contribution is 5.93. The number of methoxy groups -OCH3 is 3. The third-order valence-electron chi connectivity index (χ3n) is 11.8. The van der Waals surface area contributed by atoms with Crippen LogP contribution in [0.5, 0.6) is 17.2 Å². The number of rotatable bonds is 9. The Morgan fingerprint density at radius 2 is 0.986 bits per heavy atom. The summed E-state index contributed by atoms with van der Waals surface area (Å²) >= 11 is 0. The lowest BCUT2D eigenvalue weighted by molar-refractivity contribution is 0.0999. The third-order valence-corrected chi connectivity index (χ3v) is 11.8. The monoisotopic (exact) mass is 930 g/mol. The highest BCUT2D eigenvalue weighted by Gasteiger charge is 2.21. The van der Waals surface area contributed by atoms with Crippen molar-refractivity contribution in [2.75, 3.05) is 50.8 Å². The Balaban J connectivity index is 0.000000180. The molecule has 13 nitrogen and oxygen atoms in total. The molecule has 14 heteroatoms. The van der Waals surface area contributed by atoms with E-state index in [1.807, 2.05) is 78.9 Å². The minimum Gasteiger partial charge on any atom is -0.496 e. The predicted molar refractivity (Wildman–Crippen MR) is 264 cm³/mol. The van der Waals surface area contributed by atoms with Crippen LogP contribution in [0.2, 0.25) is 0 Å². The molecule has 0 saturated carbocycles. The van der Waals surface area contributed by atoms with Crippen LogP contribution in [0.25, 0.3) is 0 Å². The molecule has 3 aliphatic heterocycles. The first-order valence-electron chi connectivity index (χ1n) is 21.8. The van der Waals surface area contributed by atoms with E-state index in [0.717, 1.165) is 99.9 Å². The molecule has 0 atom stereocenters. The average molecular weight is 931 g/mol. The maximum Gasteiger partial charge on any atom is 0.248 e. The van der Waals surface area contributed by atoms with Crippen LogP contribution in [0.3, 0.4) is 0 Å². The molecule has 0 unspecified atom stereocenters. The van der Waals surface area contributed by atoms with Gasteiger partial charge in [-0.25, -0.2) is 4.39 Å². The van der Waals surface area contributed by atoms with Gasteiger partial charge in [-0.05, 0) is 168 Å². The molecule has 1 amide bonds. The van der Waals surface area contributed by atoms with Crippen molar-refractivity contribution in [3.8, 4) is 29.4 Å². The van der Waals surface area contributed by atoms with E-state index in [1.165, 1.54) is 46.5 Å². The van der Waals surface area contributed by atoms with Crippen LogP contribution < -0.4 is 35.1 Å². The standard InChI is InChI=1S/C18H18N2O3.C18H16N2O2.C11H13NO2.C7H4FN.CH4/c1-23-17-9-13-6-7-20(10-14(13)8-15(17)11-21)16-4-2-12(3-5-16)18(19)22;1-22-18-9-14-6-7-20(11-15(14)8-16(18)12-21)17-4-2-13(10-19)3-5-17;1-14-11-5-8-2-3-12-6-9(8)4-10(11)7-13;8-7-3-1-6(5-9)2-4-7;/h2-5,8-9,11H,6-7,10H2,1H3,(H2,19,22);2-5,8-9,12H,6-7,11H2,1H3;4-5,7,12H,2-3,6H2,1H3;1-4H;1H4. The van der Waals surface area contributed by atoms with Gasteiger partial charge in [-0.1, -0.05) is 7.43 Å². The normalized spacial score (nSPS) is 12.7. The molecule has 0 aliphatic carbocycles. The number of primary amides is 1. The second-order valence-corrected chi connectivity index (χ2v) is 15.9. The van der Waals surface area contributed by atoms with E-state index in [0.29, 0.717) is 50.6 Å². The SMILES string of the molecule is C.COc1cc2c(cc1C=O)CN(c1ccc(C#N)cc1)CC2.COc1cc2c(cc1C=O)CN(c1ccc(C(N)=O)cc1)CC2.COc1cc2c(cc1C=O)CNCC2.N#Cc1ccc(F)cc1. The maximum absolute atomic E-state index is 12.1. The topological polar surface area (TPSA) is 188 Å². The van der Waals surface area contributed by atoms with Gasteiger partial charge in [0.15, 0.2) is 18.9 Å². The van der Waals surface area contributed by atoms with E-state index in [-0.39, 0.29) is 13.2 Å². The van der Waals surface area contributed by atoms with Gasteiger partial charge < -0.3 is 35.1 Å². The van der Waals surface area contributed by atoms with Crippen LogP contribution >= 0.6 is 0 Å². The Morgan fingerprint density at radius 3 is 1.38 bits per heavy atom. The molecular formula is C55H55FN6O7. The van der Waals surface area contributed by atoms with Gasteiger partial charge in [0, 0.05) is 49.7 Å². The van der Waals surface area contributed by atoms with E-state index in [9.17, 15) is 23.6 Å². The van der Waals surface area contributed by atoms with Gasteiger partial charge >= 0.3 is 0 Å². The number of nitrogens with two attached hydrogens (primary N) is 1. The Morgan fingerprint density at radius 1 is 0.594 bits per heavy atom. The van der Waals surface area contributed by atoms with Crippen molar-refractivity contribution in [3.05, 3.63) is 182 Å². The number of carbonyl (C=O) groups is 4. The number of halogens is 1. The third kappa shape index (κ3) is 13.2. The molecule has 3 aliphatic rings. The van der Waals surface area contributed by atoms with Gasteiger partial charge in [-0.3, -0.25) is 19.2 Å². The Labute approximate surface area is 402 Å². The van der Waals surface area contributed by atoms with Gasteiger partial charge in [-0.15, -0.1) is 0 Å². The van der Waals surface area contributed by atoms with Crippen molar-refractivity contribution in [3.63, 3.8) is 0 Å². The van der Waals surface area contributed by atoms with Gasteiger partial charge in [-0.2, -0.15) is 10.5 Å². The van der Waals surface area contributed by atoms with E-state index in [1.54, 1.807) is 33.5 Å². The molecule has 0 aromatic heterocycles. The number of nitrogens with one attached hydrogen (secondary N) is 1. The van der Waals surface area contributed by atoms with Crippen molar-refractivity contribution >= 4 is 36.1 Å². The number of hydrogen-bond donors (Lipinski definition) is 2. The fourth-order valence-electron chi connectivity index (χ4n) is 8.10. The zero-order chi connectivity index (χ0) is 48.6. The van der Waals surface area contributed by atoms with E-state index >= 15 is 0 Å². The van der Waals surface area contributed by atoms with Gasteiger partial charge in [0.1, 0.15) is 23.1 Å². The van der Waals surface area contributed by atoms with Crippen LogP contribution in [0.1, 0.15) is 93.4 Å². The fraction of sp³-hybridized carbons (Fsp3) is 0.236. The first kappa shape index (κ1) is 51.7. The van der Waals surface area contributed by atoms with Crippen LogP contribution in [-0.4, -0.2) is 65.7 Å². The Bertz CT molecular complexity index is 2840. The lowest BCUT2D eigenvalue weighted by Gasteiger charge is -2.31. The molecule has 0 radical (unpaired) electrons. The summed E-state index contributed by atoms with van der Waals surface area (Å²) in [4.78, 5) is 48.7.